The van der Waals surface area contributed by atoms with Crippen molar-refractivity contribution in [1.82, 2.24) is 0 Å². The quantitative estimate of drug-likeness (QED) is 0.821. The summed E-state index contributed by atoms with van der Waals surface area (Å²) in [5.74, 6) is 0.728. The van der Waals surface area contributed by atoms with Crippen molar-refractivity contribution in [3.8, 4) is 0 Å². The summed E-state index contributed by atoms with van der Waals surface area (Å²) in [4.78, 5) is 4.33. The molecule has 0 amide bonds. The van der Waals surface area contributed by atoms with Crippen molar-refractivity contribution in [2.24, 2.45) is 10.9 Å². The van der Waals surface area contributed by atoms with Crippen molar-refractivity contribution in [3.05, 3.63) is 35.4 Å². The molecule has 5 heteroatoms. The van der Waals surface area contributed by atoms with E-state index >= 15 is 0 Å². The van der Waals surface area contributed by atoms with Crippen LogP contribution in [0.4, 0.5) is 13.2 Å². The molecule has 0 fully saturated rings. The molecule has 1 aliphatic rings. The van der Waals surface area contributed by atoms with Crippen LogP contribution in [-0.4, -0.2) is 18.5 Å². The highest BCUT2D eigenvalue weighted by atomic mass is 19.4. The summed E-state index contributed by atoms with van der Waals surface area (Å²) in [6.07, 6.45) is -4.24. The molecular formula is C14H16F3NO. The van der Waals surface area contributed by atoms with Gasteiger partial charge in [0.15, 0.2) is 5.90 Å². The molecule has 0 saturated carbocycles. The van der Waals surface area contributed by atoms with Crippen molar-refractivity contribution in [2.75, 3.05) is 6.61 Å². The van der Waals surface area contributed by atoms with Crippen molar-refractivity contribution < 1.29 is 17.9 Å². The average Bonchev–Trinajstić information content (AvgIpc) is 2.77. The molecule has 0 aromatic heterocycles. The number of alkyl halides is 3. The summed E-state index contributed by atoms with van der Waals surface area (Å²) in [5.41, 5.74) is -0.410. The Balaban J connectivity index is 2.19. The largest absolute Gasteiger partial charge is 0.478 e. The SMILES string of the molecule is CC(C)[C@@H]1COC(Cc2ccccc2C(F)(F)F)=N1. The maximum absolute atomic E-state index is 12.8. The normalized spacial score (nSPS) is 19.5. The van der Waals surface area contributed by atoms with Gasteiger partial charge in [-0.2, -0.15) is 13.2 Å². The zero-order valence-corrected chi connectivity index (χ0v) is 10.9. The number of benzene rings is 1. The molecule has 2 rings (SSSR count). The maximum atomic E-state index is 12.8. The molecule has 0 unspecified atom stereocenters. The fourth-order valence-electron chi connectivity index (χ4n) is 1.99. The van der Waals surface area contributed by atoms with Crippen molar-refractivity contribution in [2.45, 2.75) is 32.5 Å². The molecule has 0 radical (unpaired) electrons. The van der Waals surface area contributed by atoms with Crippen LogP contribution < -0.4 is 0 Å². The van der Waals surface area contributed by atoms with Gasteiger partial charge in [0.05, 0.1) is 11.6 Å². The van der Waals surface area contributed by atoms with Gasteiger partial charge in [0.1, 0.15) is 6.61 Å². The molecule has 0 aliphatic carbocycles. The third-order valence-corrected chi connectivity index (χ3v) is 3.16. The molecule has 1 aromatic carbocycles. The molecule has 104 valence electrons. The summed E-state index contributed by atoms with van der Waals surface area (Å²) < 4.78 is 43.9. The Kier molecular flexibility index (Phi) is 3.83. The van der Waals surface area contributed by atoms with Gasteiger partial charge in [-0.25, -0.2) is 4.99 Å². The minimum atomic E-state index is -4.34. The second-order valence-electron chi connectivity index (χ2n) is 4.98. The predicted molar refractivity (Wildman–Crippen MR) is 67.2 cm³/mol. The zero-order chi connectivity index (χ0) is 14.0. The van der Waals surface area contributed by atoms with Gasteiger partial charge in [0.2, 0.25) is 0 Å². The average molecular weight is 271 g/mol. The highest BCUT2D eigenvalue weighted by Gasteiger charge is 2.33. The lowest BCUT2D eigenvalue weighted by Gasteiger charge is -2.12. The Morgan fingerprint density at radius 3 is 2.58 bits per heavy atom. The molecule has 0 spiro atoms. The van der Waals surface area contributed by atoms with Crippen molar-refractivity contribution >= 4 is 5.90 Å². The first-order valence-corrected chi connectivity index (χ1v) is 6.22. The smallest absolute Gasteiger partial charge is 0.416 e. The second kappa shape index (κ2) is 5.23. The molecule has 0 N–H and O–H groups in total. The highest BCUT2D eigenvalue weighted by Crippen LogP contribution is 2.32. The number of rotatable bonds is 3. The third kappa shape index (κ3) is 3.28. The molecule has 1 aromatic rings. The molecular weight excluding hydrogens is 255 g/mol. The molecule has 2 nitrogen and oxygen atoms in total. The van der Waals surface area contributed by atoms with Gasteiger partial charge in [-0.1, -0.05) is 32.0 Å². The van der Waals surface area contributed by atoms with E-state index in [0.717, 1.165) is 6.07 Å². The van der Waals surface area contributed by atoms with Crippen molar-refractivity contribution in [3.63, 3.8) is 0 Å². The Bertz CT molecular complexity index is 480. The molecule has 1 atom stereocenters. The molecule has 0 saturated heterocycles. The second-order valence-corrected chi connectivity index (χ2v) is 4.98. The first-order chi connectivity index (χ1) is 8.88. The Labute approximate surface area is 110 Å². The number of halogens is 3. The van der Waals surface area contributed by atoms with E-state index in [1.807, 2.05) is 13.8 Å². The van der Waals surface area contributed by atoms with Crippen LogP contribution in [0.25, 0.3) is 0 Å². The van der Waals surface area contributed by atoms with E-state index in [2.05, 4.69) is 4.99 Å². The summed E-state index contributed by atoms with van der Waals surface area (Å²) in [7, 11) is 0. The van der Waals surface area contributed by atoms with E-state index in [1.165, 1.54) is 12.1 Å². The van der Waals surface area contributed by atoms with E-state index in [-0.39, 0.29) is 18.0 Å². The van der Waals surface area contributed by atoms with Gasteiger partial charge in [-0.15, -0.1) is 0 Å². The number of hydrogen-bond acceptors (Lipinski definition) is 2. The van der Waals surface area contributed by atoms with E-state index in [1.54, 1.807) is 6.07 Å². The monoisotopic (exact) mass is 271 g/mol. The maximum Gasteiger partial charge on any atom is 0.416 e. The van der Waals surface area contributed by atoms with Gasteiger partial charge in [0.25, 0.3) is 0 Å². The standard InChI is InChI=1S/C14H16F3NO/c1-9(2)12-8-19-13(18-12)7-10-5-3-4-6-11(10)14(15,16)17/h3-6,9,12H,7-8H2,1-2H3/t12-/m0/s1. The van der Waals surface area contributed by atoms with Crippen LogP contribution in [0.2, 0.25) is 0 Å². The lowest BCUT2D eigenvalue weighted by atomic mass is 10.0. The van der Waals surface area contributed by atoms with Gasteiger partial charge < -0.3 is 4.74 Å². The topological polar surface area (TPSA) is 21.6 Å². The third-order valence-electron chi connectivity index (χ3n) is 3.16. The van der Waals surface area contributed by atoms with Crippen molar-refractivity contribution in [1.29, 1.82) is 0 Å². The van der Waals surface area contributed by atoms with Gasteiger partial charge in [0, 0.05) is 6.42 Å². The fraction of sp³-hybridized carbons (Fsp3) is 0.500. The molecule has 1 aliphatic heterocycles. The van der Waals surface area contributed by atoms with E-state index in [0.29, 0.717) is 18.4 Å². The number of hydrogen-bond donors (Lipinski definition) is 0. The van der Waals surface area contributed by atoms with Gasteiger partial charge in [-0.05, 0) is 17.5 Å². The summed E-state index contributed by atoms with van der Waals surface area (Å²) in [6.45, 7) is 4.50. The van der Waals surface area contributed by atoms with E-state index < -0.39 is 11.7 Å². The summed E-state index contributed by atoms with van der Waals surface area (Å²) >= 11 is 0. The molecule has 0 bridgehead atoms. The van der Waals surface area contributed by atoms with Crippen LogP contribution in [0.5, 0.6) is 0 Å². The predicted octanol–water partition coefficient (Wildman–Crippen LogP) is 3.70. The number of nitrogens with zero attached hydrogens (tertiary/aromatic N) is 1. The Morgan fingerprint density at radius 1 is 1.32 bits per heavy atom. The Hall–Kier alpha value is -1.52. The fourth-order valence-corrected chi connectivity index (χ4v) is 1.99. The first-order valence-electron chi connectivity index (χ1n) is 6.22. The lowest BCUT2D eigenvalue weighted by molar-refractivity contribution is -0.138. The lowest BCUT2D eigenvalue weighted by Crippen LogP contribution is -2.13. The van der Waals surface area contributed by atoms with Crippen LogP contribution in [0, 0.1) is 5.92 Å². The van der Waals surface area contributed by atoms with Gasteiger partial charge in [-0.3, -0.25) is 0 Å². The van der Waals surface area contributed by atoms with Crippen LogP contribution in [-0.2, 0) is 17.3 Å². The summed E-state index contributed by atoms with van der Waals surface area (Å²) in [6, 6.07) is 5.59. The first kappa shape index (κ1) is 13.9. The molecule has 19 heavy (non-hydrogen) atoms. The zero-order valence-electron chi connectivity index (χ0n) is 10.9. The number of ether oxygens (including phenoxy) is 1. The minimum Gasteiger partial charge on any atom is -0.478 e. The highest BCUT2D eigenvalue weighted by molar-refractivity contribution is 5.80. The van der Waals surface area contributed by atoms with Crippen LogP contribution in [0.1, 0.15) is 25.0 Å². The van der Waals surface area contributed by atoms with E-state index in [9.17, 15) is 13.2 Å². The minimum absolute atomic E-state index is 0.0491. The molecule has 1 heterocycles. The van der Waals surface area contributed by atoms with Gasteiger partial charge >= 0.3 is 6.18 Å². The number of aliphatic imine (C=N–C) groups is 1. The van der Waals surface area contributed by atoms with Crippen LogP contribution in [0.15, 0.2) is 29.3 Å². The van der Waals surface area contributed by atoms with Crippen LogP contribution >= 0.6 is 0 Å². The summed E-state index contributed by atoms with van der Waals surface area (Å²) in [5, 5.41) is 0. The Morgan fingerprint density at radius 2 is 2.00 bits per heavy atom. The van der Waals surface area contributed by atoms with Crippen LogP contribution in [0.3, 0.4) is 0 Å². The van der Waals surface area contributed by atoms with E-state index in [4.69, 9.17) is 4.74 Å².